The van der Waals surface area contributed by atoms with Gasteiger partial charge in [0.2, 0.25) is 0 Å². The van der Waals surface area contributed by atoms with Gasteiger partial charge >= 0.3 is 15.5 Å². The first-order valence-corrected chi connectivity index (χ1v) is 8.58. The van der Waals surface area contributed by atoms with E-state index in [2.05, 4.69) is 0 Å². The largest absolute Gasteiger partial charge is 0.511 e. The van der Waals surface area contributed by atoms with E-state index in [1.165, 1.54) is 19.3 Å². The van der Waals surface area contributed by atoms with Crippen LogP contribution in [0.1, 0.15) is 38.5 Å². The molecule has 0 saturated heterocycles. The molecule has 0 aromatic heterocycles. The van der Waals surface area contributed by atoms with Gasteiger partial charge in [0, 0.05) is 13.6 Å². The second kappa shape index (κ2) is 4.35. The van der Waals surface area contributed by atoms with Crippen LogP contribution in [0.5, 0.6) is 0 Å². The van der Waals surface area contributed by atoms with Crippen LogP contribution >= 0.6 is 0 Å². The Balaban J connectivity index is 1.78. The summed E-state index contributed by atoms with van der Waals surface area (Å²) in [5.74, 6) is 1.80. The third-order valence-corrected chi connectivity index (χ3v) is 6.96. The van der Waals surface area contributed by atoms with Crippen molar-refractivity contribution in [3.8, 4) is 0 Å². The second-order valence-corrected chi connectivity index (χ2v) is 9.16. The Morgan fingerprint density at radius 2 is 1.45 bits per heavy atom. The molecule has 0 aliphatic heterocycles. The summed E-state index contributed by atoms with van der Waals surface area (Å²) in [7, 11) is -4.12. The summed E-state index contributed by atoms with van der Waals surface area (Å²) in [6.07, 6.45) is 6.27. The fraction of sp³-hybridized carbons (Fsp3) is 1.00. The lowest BCUT2D eigenvalue weighted by Gasteiger charge is -2.57. The van der Waals surface area contributed by atoms with Crippen molar-refractivity contribution in [1.82, 2.24) is 4.31 Å². The van der Waals surface area contributed by atoms with Crippen molar-refractivity contribution in [3.05, 3.63) is 0 Å². The molecule has 0 aromatic carbocycles. The van der Waals surface area contributed by atoms with Gasteiger partial charge in [-0.05, 0) is 61.7 Å². The quantitative estimate of drug-likeness (QED) is 0.803. The van der Waals surface area contributed by atoms with Crippen molar-refractivity contribution in [3.63, 3.8) is 0 Å². The summed E-state index contributed by atoms with van der Waals surface area (Å²) < 4.78 is 61.3. The lowest BCUT2D eigenvalue weighted by Crippen LogP contribution is -2.52. The monoisotopic (exact) mass is 311 g/mol. The van der Waals surface area contributed by atoms with Crippen molar-refractivity contribution in [2.24, 2.45) is 23.2 Å². The highest BCUT2D eigenvalue weighted by Gasteiger charge is 2.55. The van der Waals surface area contributed by atoms with E-state index in [1.807, 2.05) is 0 Å². The van der Waals surface area contributed by atoms with E-state index < -0.39 is 15.5 Å². The number of rotatable bonds is 3. The van der Waals surface area contributed by atoms with Crippen molar-refractivity contribution in [1.29, 1.82) is 0 Å². The molecule has 0 N–H and O–H groups in total. The van der Waals surface area contributed by atoms with Crippen LogP contribution in [0.15, 0.2) is 0 Å². The van der Waals surface area contributed by atoms with Gasteiger partial charge in [0.15, 0.2) is 0 Å². The first-order chi connectivity index (χ1) is 9.11. The molecule has 3 nitrogen and oxygen atoms in total. The number of alkyl halides is 3. The maximum atomic E-state index is 12.6. The summed E-state index contributed by atoms with van der Waals surface area (Å²) in [6.45, 7) is 0.0261. The number of sulfonamides is 1. The lowest BCUT2D eigenvalue weighted by atomic mass is 9.49. The minimum Gasteiger partial charge on any atom is -0.203 e. The molecule has 116 valence electrons. The molecule has 4 saturated carbocycles. The molecule has 0 heterocycles. The molecular weight excluding hydrogens is 291 g/mol. The van der Waals surface area contributed by atoms with Gasteiger partial charge < -0.3 is 0 Å². The SMILES string of the molecule is CN(CC12CC3CC(CC(C3)C1)C2)S(=O)(=O)C(F)(F)F. The highest BCUT2D eigenvalue weighted by molar-refractivity contribution is 7.89. The average molecular weight is 311 g/mol. The van der Waals surface area contributed by atoms with Crippen LogP contribution in [0.4, 0.5) is 13.2 Å². The molecular formula is C13H20F3NO2S. The van der Waals surface area contributed by atoms with E-state index in [-0.39, 0.29) is 12.0 Å². The topological polar surface area (TPSA) is 37.4 Å². The minimum absolute atomic E-state index is 0.0261. The molecule has 4 aliphatic rings. The summed E-state index contributed by atoms with van der Waals surface area (Å²) in [5.41, 5.74) is -5.40. The molecule has 0 amide bonds. The summed E-state index contributed by atoms with van der Waals surface area (Å²) in [6, 6.07) is 0. The molecule has 4 aliphatic carbocycles. The summed E-state index contributed by atoms with van der Waals surface area (Å²) in [5, 5.41) is 0. The Labute approximate surface area is 117 Å². The van der Waals surface area contributed by atoms with Gasteiger partial charge in [-0.25, -0.2) is 8.42 Å². The van der Waals surface area contributed by atoms with Gasteiger partial charge in [-0.2, -0.15) is 17.5 Å². The molecule has 0 radical (unpaired) electrons. The third kappa shape index (κ3) is 2.26. The van der Waals surface area contributed by atoms with Crippen molar-refractivity contribution >= 4 is 10.0 Å². The smallest absolute Gasteiger partial charge is 0.203 e. The molecule has 4 fully saturated rings. The van der Waals surface area contributed by atoms with Gasteiger partial charge in [0.25, 0.3) is 0 Å². The maximum absolute atomic E-state index is 12.6. The van der Waals surface area contributed by atoms with Crippen LogP contribution in [0.2, 0.25) is 0 Å². The van der Waals surface area contributed by atoms with Crippen molar-refractivity contribution in [2.75, 3.05) is 13.6 Å². The van der Waals surface area contributed by atoms with Crippen molar-refractivity contribution < 1.29 is 21.6 Å². The molecule has 4 rings (SSSR count). The number of halogens is 3. The Bertz CT molecular complexity index is 465. The summed E-state index contributed by atoms with van der Waals surface area (Å²) in [4.78, 5) is 0. The molecule has 4 bridgehead atoms. The highest BCUT2D eigenvalue weighted by atomic mass is 32.2. The van der Waals surface area contributed by atoms with E-state index in [9.17, 15) is 21.6 Å². The average Bonchev–Trinajstić information content (AvgIpc) is 2.24. The predicted molar refractivity (Wildman–Crippen MR) is 68.2 cm³/mol. The predicted octanol–water partition coefficient (Wildman–Crippen LogP) is 2.98. The lowest BCUT2D eigenvalue weighted by molar-refractivity contribution is -0.0668. The van der Waals surface area contributed by atoms with E-state index in [0.717, 1.165) is 26.3 Å². The van der Waals surface area contributed by atoms with E-state index >= 15 is 0 Å². The highest BCUT2D eigenvalue weighted by Crippen LogP contribution is 2.60. The van der Waals surface area contributed by atoms with Crippen LogP contribution in [0, 0.1) is 23.2 Å². The number of hydrogen-bond acceptors (Lipinski definition) is 2. The zero-order valence-electron chi connectivity index (χ0n) is 11.5. The Morgan fingerprint density at radius 1 is 1.05 bits per heavy atom. The van der Waals surface area contributed by atoms with E-state index in [0.29, 0.717) is 22.1 Å². The number of hydrogen-bond donors (Lipinski definition) is 0. The fourth-order valence-corrected chi connectivity index (χ4v) is 6.01. The zero-order chi connectivity index (χ0) is 14.8. The van der Waals surface area contributed by atoms with Crippen LogP contribution in [0.3, 0.4) is 0 Å². The maximum Gasteiger partial charge on any atom is 0.511 e. The normalized spacial score (nSPS) is 40.5. The van der Waals surface area contributed by atoms with Gasteiger partial charge in [0.05, 0.1) is 0 Å². The van der Waals surface area contributed by atoms with Crippen LogP contribution in [-0.2, 0) is 10.0 Å². The minimum atomic E-state index is -5.19. The van der Waals surface area contributed by atoms with Crippen molar-refractivity contribution in [2.45, 2.75) is 44.0 Å². The molecule has 0 spiro atoms. The van der Waals surface area contributed by atoms with Gasteiger partial charge in [-0.1, -0.05) is 0 Å². The molecule has 0 aromatic rings. The Morgan fingerprint density at radius 3 is 1.80 bits per heavy atom. The van der Waals surface area contributed by atoms with Gasteiger partial charge in [0.1, 0.15) is 0 Å². The first kappa shape index (κ1) is 14.6. The molecule has 0 unspecified atom stereocenters. The first-order valence-electron chi connectivity index (χ1n) is 7.14. The Kier molecular flexibility index (Phi) is 3.18. The molecule has 7 heteroatoms. The standard InChI is InChI=1S/C13H20F3NO2S/c1-17(20(18,19)13(14,15)16)8-12-5-9-2-10(6-12)4-11(3-9)7-12/h9-11H,2-8H2,1H3. The molecule has 0 atom stereocenters. The Hall–Kier alpha value is -0.300. The zero-order valence-corrected chi connectivity index (χ0v) is 12.3. The van der Waals surface area contributed by atoms with Crippen LogP contribution < -0.4 is 0 Å². The second-order valence-electron chi connectivity index (χ2n) is 7.12. The van der Waals surface area contributed by atoms with Crippen LogP contribution in [-0.4, -0.2) is 31.8 Å². The van der Waals surface area contributed by atoms with Gasteiger partial charge in [-0.3, -0.25) is 0 Å². The number of nitrogens with zero attached hydrogens (tertiary/aromatic N) is 1. The van der Waals surface area contributed by atoms with Crippen LogP contribution in [0.25, 0.3) is 0 Å². The van der Waals surface area contributed by atoms with E-state index in [4.69, 9.17) is 0 Å². The van der Waals surface area contributed by atoms with Gasteiger partial charge in [-0.15, -0.1) is 0 Å². The fourth-order valence-electron chi connectivity index (χ4n) is 5.22. The molecule has 20 heavy (non-hydrogen) atoms. The summed E-state index contributed by atoms with van der Waals surface area (Å²) >= 11 is 0. The van der Waals surface area contributed by atoms with E-state index in [1.54, 1.807) is 0 Å². The third-order valence-electron chi connectivity index (χ3n) is 5.43.